The fourth-order valence-electron chi connectivity index (χ4n) is 5.22. The van der Waals surface area contributed by atoms with Crippen molar-refractivity contribution in [1.29, 1.82) is 0 Å². The second kappa shape index (κ2) is 11.7. The van der Waals surface area contributed by atoms with Crippen LogP contribution in [-0.2, 0) is 22.7 Å². The highest BCUT2D eigenvalue weighted by molar-refractivity contribution is 6.46. The van der Waals surface area contributed by atoms with E-state index in [9.17, 15) is 14.7 Å². The van der Waals surface area contributed by atoms with Crippen LogP contribution in [0.1, 0.15) is 28.3 Å². The van der Waals surface area contributed by atoms with Gasteiger partial charge in [0.25, 0.3) is 11.7 Å². The van der Waals surface area contributed by atoms with Gasteiger partial charge in [0.1, 0.15) is 25.6 Å². The minimum Gasteiger partial charge on any atom is -0.507 e. The third-order valence-corrected chi connectivity index (χ3v) is 7.29. The van der Waals surface area contributed by atoms with Crippen molar-refractivity contribution in [2.75, 3.05) is 20.3 Å². The summed E-state index contributed by atoms with van der Waals surface area (Å²) >= 11 is 0. The van der Waals surface area contributed by atoms with Gasteiger partial charge < -0.3 is 29.0 Å². The molecule has 4 aromatic rings. The van der Waals surface area contributed by atoms with Gasteiger partial charge in [0.2, 0.25) is 0 Å². The van der Waals surface area contributed by atoms with Gasteiger partial charge >= 0.3 is 0 Å². The largest absolute Gasteiger partial charge is 0.507 e. The SMILES string of the molecule is COc1cc([C@H]2/C(=C(\O)c3ccc4c(c3)OCCO4)C(=O)C(=O)N2Cc2ccccc2)ccc1OCc1ccccc1. The maximum absolute atomic E-state index is 13.6. The Morgan fingerprint density at radius 2 is 1.52 bits per heavy atom. The molecule has 42 heavy (non-hydrogen) atoms. The fraction of sp³-hybridized carbons (Fsp3) is 0.176. The van der Waals surface area contributed by atoms with Gasteiger partial charge in [0, 0.05) is 12.1 Å². The van der Waals surface area contributed by atoms with Crippen LogP contribution in [0.2, 0.25) is 0 Å². The number of nitrogens with zero attached hydrogens (tertiary/aromatic N) is 1. The van der Waals surface area contributed by atoms with Crippen LogP contribution >= 0.6 is 0 Å². The van der Waals surface area contributed by atoms with Gasteiger partial charge in [-0.3, -0.25) is 9.59 Å². The first-order chi connectivity index (χ1) is 20.5. The van der Waals surface area contributed by atoms with Crippen molar-refractivity contribution in [1.82, 2.24) is 4.90 Å². The molecule has 1 amide bonds. The zero-order chi connectivity index (χ0) is 29.1. The predicted molar refractivity (Wildman–Crippen MR) is 155 cm³/mol. The van der Waals surface area contributed by atoms with Crippen LogP contribution in [0.4, 0.5) is 0 Å². The molecular weight excluding hydrogens is 534 g/mol. The first-order valence-corrected chi connectivity index (χ1v) is 13.6. The Morgan fingerprint density at radius 1 is 0.833 bits per heavy atom. The van der Waals surface area contributed by atoms with E-state index >= 15 is 0 Å². The second-order valence-corrected chi connectivity index (χ2v) is 9.96. The maximum Gasteiger partial charge on any atom is 0.295 e. The number of carbonyl (C=O) groups excluding carboxylic acids is 2. The molecule has 212 valence electrons. The Balaban J connectivity index is 1.42. The third kappa shape index (κ3) is 5.26. The lowest BCUT2D eigenvalue weighted by atomic mass is 9.94. The minimum atomic E-state index is -0.879. The standard InChI is InChI=1S/C34H29NO7/c1-39-28-18-24(12-14-26(28)42-21-23-10-6-3-7-11-23)31-30(32(36)25-13-15-27-29(19-25)41-17-16-40-27)33(37)34(38)35(31)20-22-8-4-2-5-9-22/h2-15,18-19,31,36H,16-17,20-21H2,1H3/b32-30+/t31-/m0/s1. The van der Waals surface area contributed by atoms with Crippen molar-refractivity contribution in [3.05, 3.63) is 125 Å². The molecule has 0 radical (unpaired) electrons. The van der Waals surface area contributed by atoms with Gasteiger partial charge in [-0.1, -0.05) is 66.7 Å². The summed E-state index contributed by atoms with van der Waals surface area (Å²) in [6, 6.07) is 28.5. The maximum atomic E-state index is 13.6. The number of ketones is 1. The first-order valence-electron chi connectivity index (χ1n) is 13.6. The number of carbonyl (C=O) groups is 2. The summed E-state index contributed by atoms with van der Waals surface area (Å²) in [6.07, 6.45) is 0. The monoisotopic (exact) mass is 563 g/mol. The van der Waals surface area contributed by atoms with Crippen molar-refractivity contribution in [2.45, 2.75) is 19.2 Å². The Kier molecular flexibility index (Phi) is 7.51. The summed E-state index contributed by atoms with van der Waals surface area (Å²) in [5.41, 5.74) is 2.76. The first kappa shape index (κ1) is 27.0. The summed E-state index contributed by atoms with van der Waals surface area (Å²) in [5, 5.41) is 11.5. The number of hydrogen-bond donors (Lipinski definition) is 1. The molecule has 1 N–H and O–H groups in total. The highest BCUT2D eigenvalue weighted by Gasteiger charge is 2.46. The zero-order valence-corrected chi connectivity index (χ0v) is 23.0. The van der Waals surface area contributed by atoms with Crippen LogP contribution in [0.5, 0.6) is 23.0 Å². The third-order valence-electron chi connectivity index (χ3n) is 7.29. The van der Waals surface area contributed by atoms with E-state index in [1.54, 1.807) is 36.4 Å². The Morgan fingerprint density at radius 3 is 2.24 bits per heavy atom. The number of Topliss-reactive ketones (excluding diaryl/α,β-unsaturated/α-hetero) is 1. The minimum absolute atomic E-state index is 0.0207. The zero-order valence-electron chi connectivity index (χ0n) is 23.0. The molecule has 0 aliphatic carbocycles. The number of methoxy groups -OCH3 is 1. The quantitative estimate of drug-likeness (QED) is 0.168. The van der Waals surface area contributed by atoms with Gasteiger partial charge in [0.15, 0.2) is 23.0 Å². The van der Waals surface area contributed by atoms with E-state index < -0.39 is 17.7 Å². The average molecular weight is 564 g/mol. The summed E-state index contributed by atoms with van der Waals surface area (Å²) in [6.45, 7) is 1.31. The van der Waals surface area contributed by atoms with Crippen molar-refractivity contribution in [3.8, 4) is 23.0 Å². The number of amides is 1. The lowest BCUT2D eigenvalue weighted by Gasteiger charge is -2.26. The Hall–Kier alpha value is -5.24. The topological polar surface area (TPSA) is 94.5 Å². The number of likely N-dealkylation sites (tertiary alicyclic amines) is 1. The number of ether oxygens (including phenoxy) is 4. The number of hydrogen-bond acceptors (Lipinski definition) is 7. The number of aliphatic hydroxyl groups is 1. The molecule has 4 aromatic carbocycles. The molecule has 2 aliphatic rings. The summed E-state index contributed by atoms with van der Waals surface area (Å²) in [7, 11) is 1.53. The van der Waals surface area contributed by atoms with Gasteiger partial charge in [-0.05, 0) is 47.0 Å². The number of rotatable bonds is 8. The summed E-state index contributed by atoms with van der Waals surface area (Å²) < 4.78 is 23.0. The number of fused-ring (bicyclic) bond motifs is 1. The van der Waals surface area contributed by atoms with Crippen molar-refractivity contribution < 1.29 is 33.6 Å². The van der Waals surface area contributed by atoms with E-state index in [4.69, 9.17) is 18.9 Å². The van der Waals surface area contributed by atoms with E-state index in [-0.39, 0.29) is 17.9 Å². The summed E-state index contributed by atoms with van der Waals surface area (Å²) in [5.74, 6) is 0.189. The highest BCUT2D eigenvalue weighted by atomic mass is 16.6. The normalized spacial score (nSPS) is 17.3. The molecular formula is C34H29NO7. The molecule has 0 spiro atoms. The smallest absolute Gasteiger partial charge is 0.295 e. The molecule has 0 aromatic heterocycles. The molecule has 1 saturated heterocycles. The average Bonchev–Trinajstić information content (AvgIpc) is 3.29. The van der Waals surface area contributed by atoms with Gasteiger partial charge in [-0.25, -0.2) is 0 Å². The lowest BCUT2D eigenvalue weighted by molar-refractivity contribution is -0.140. The molecule has 8 nitrogen and oxygen atoms in total. The lowest BCUT2D eigenvalue weighted by Crippen LogP contribution is -2.29. The van der Waals surface area contributed by atoms with Crippen molar-refractivity contribution in [2.24, 2.45) is 0 Å². The van der Waals surface area contributed by atoms with E-state index in [0.717, 1.165) is 11.1 Å². The summed E-state index contributed by atoms with van der Waals surface area (Å²) in [4.78, 5) is 28.5. The van der Waals surface area contributed by atoms with Crippen molar-refractivity contribution >= 4 is 17.4 Å². The number of aliphatic hydroxyl groups excluding tert-OH is 1. The molecule has 8 heteroatoms. The van der Waals surface area contributed by atoms with E-state index in [2.05, 4.69) is 0 Å². The molecule has 1 fully saturated rings. The van der Waals surface area contributed by atoms with Crippen LogP contribution in [0, 0.1) is 0 Å². The molecule has 1 atom stereocenters. The second-order valence-electron chi connectivity index (χ2n) is 9.96. The molecule has 2 aliphatic heterocycles. The van der Waals surface area contributed by atoms with Gasteiger partial charge in [-0.15, -0.1) is 0 Å². The van der Waals surface area contributed by atoms with Gasteiger partial charge in [-0.2, -0.15) is 0 Å². The van der Waals surface area contributed by atoms with Crippen LogP contribution in [0.3, 0.4) is 0 Å². The van der Waals surface area contributed by atoms with E-state index in [1.807, 2.05) is 60.7 Å². The van der Waals surface area contributed by atoms with Crippen LogP contribution < -0.4 is 18.9 Å². The van der Waals surface area contributed by atoms with Crippen molar-refractivity contribution in [3.63, 3.8) is 0 Å². The molecule has 2 heterocycles. The van der Waals surface area contributed by atoms with E-state index in [1.165, 1.54) is 12.0 Å². The van der Waals surface area contributed by atoms with Crippen LogP contribution in [-0.4, -0.2) is 42.0 Å². The highest BCUT2D eigenvalue weighted by Crippen LogP contribution is 2.43. The van der Waals surface area contributed by atoms with Crippen LogP contribution in [0.15, 0.2) is 103 Å². The Bertz CT molecular complexity index is 1650. The van der Waals surface area contributed by atoms with Crippen LogP contribution in [0.25, 0.3) is 5.76 Å². The molecule has 6 rings (SSSR count). The van der Waals surface area contributed by atoms with E-state index in [0.29, 0.717) is 53.9 Å². The number of benzene rings is 4. The Labute approximate surface area is 243 Å². The molecule has 0 saturated carbocycles. The molecule has 0 bridgehead atoms. The fourth-order valence-corrected chi connectivity index (χ4v) is 5.22. The predicted octanol–water partition coefficient (Wildman–Crippen LogP) is 5.67. The molecule has 0 unspecified atom stereocenters. The van der Waals surface area contributed by atoms with Gasteiger partial charge in [0.05, 0.1) is 18.7 Å².